The number of carbonyl (C=O) groups excluding carboxylic acids is 2. The number of carbonyl (C=O) groups is 2. The molecule has 4 rings (SSSR count). The van der Waals surface area contributed by atoms with E-state index < -0.39 is 27.5 Å². The van der Waals surface area contributed by atoms with Crippen LogP contribution in [0.5, 0.6) is 11.5 Å². The molecule has 0 aromatic heterocycles. The van der Waals surface area contributed by atoms with Crippen LogP contribution >= 0.6 is 23.2 Å². The lowest BCUT2D eigenvalue weighted by atomic mass is 9.83. The minimum atomic E-state index is -4.59. The smallest absolute Gasteiger partial charge is 0.318 e. The Bertz CT molecular complexity index is 1540. The molecule has 1 unspecified atom stereocenters. The van der Waals surface area contributed by atoms with E-state index in [0.717, 1.165) is 0 Å². The summed E-state index contributed by atoms with van der Waals surface area (Å²) in [6.07, 6.45) is 0. The van der Waals surface area contributed by atoms with Crippen LogP contribution in [0.15, 0.2) is 65.6 Å². The van der Waals surface area contributed by atoms with Crippen LogP contribution in [0.3, 0.4) is 0 Å². The summed E-state index contributed by atoms with van der Waals surface area (Å²) in [5.41, 5.74) is -1.64. The van der Waals surface area contributed by atoms with E-state index >= 15 is 0 Å². The topological polar surface area (TPSA) is 105 Å². The fraction of sp³-hybridized carbons (Fsp3) is 0.259. The fourth-order valence-electron chi connectivity index (χ4n) is 4.65. The number of anilines is 1. The number of hydrogen-bond donors (Lipinski definition) is 1. The summed E-state index contributed by atoms with van der Waals surface area (Å²) in [4.78, 5) is 29.2. The zero-order chi connectivity index (χ0) is 28.5. The molecule has 12 heteroatoms. The molecule has 1 heterocycles. The molecule has 0 aliphatic carbocycles. The van der Waals surface area contributed by atoms with E-state index in [0.29, 0.717) is 23.1 Å². The van der Waals surface area contributed by atoms with Crippen molar-refractivity contribution in [2.75, 3.05) is 31.6 Å². The molecule has 0 radical (unpaired) electrons. The largest absolute Gasteiger partial charge is 0.497 e. The van der Waals surface area contributed by atoms with Gasteiger partial charge in [0.15, 0.2) is 5.54 Å². The molecular weight excluding hydrogens is 565 g/mol. The number of rotatable bonds is 8. The predicted molar refractivity (Wildman–Crippen MR) is 149 cm³/mol. The number of halogens is 2. The molecule has 1 atom stereocenters. The van der Waals surface area contributed by atoms with Crippen molar-refractivity contribution in [3.63, 3.8) is 0 Å². The minimum Gasteiger partial charge on any atom is -0.497 e. The molecule has 3 amide bonds. The summed E-state index contributed by atoms with van der Waals surface area (Å²) in [6, 6.07) is 14.3. The maximum atomic E-state index is 14.6. The maximum absolute atomic E-state index is 14.6. The average molecular weight is 593 g/mol. The van der Waals surface area contributed by atoms with Crippen LogP contribution < -0.4 is 19.1 Å². The van der Waals surface area contributed by atoms with Gasteiger partial charge < -0.3 is 19.7 Å². The standard InChI is InChI=1S/C27H27Cl2N3O6S/c1-5-31(6-2)26(34)30-27(19-9-7-8-10-21(19)29)20-15-17(28)11-13-22(20)32(25(27)33)39(35,36)24-14-12-18(37-3)16-23(24)38-4/h7-16H,5-6H2,1-4H3,(H,30,34). The molecule has 39 heavy (non-hydrogen) atoms. The molecule has 0 saturated heterocycles. The molecule has 0 fully saturated rings. The summed E-state index contributed by atoms with van der Waals surface area (Å²) in [7, 11) is -1.84. The predicted octanol–water partition coefficient (Wildman–Crippen LogP) is 5.04. The van der Waals surface area contributed by atoms with Crippen LogP contribution in [-0.4, -0.2) is 52.6 Å². The van der Waals surface area contributed by atoms with Crippen molar-refractivity contribution in [2.24, 2.45) is 0 Å². The quantitative estimate of drug-likeness (QED) is 0.393. The second-order valence-electron chi connectivity index (χ2n) is 8.59. The van der Waals surface area contributed by atoms with Gasteiger partial charge in [-0.2, -0.15) is 4.31 Å². The van der Waals surface area contributed by atoms with Crippen LogP contribution in [0.2, 0.25) is 10.0 Å². The zero-order valence-electron chi connectivity index (χ0n) is 21.7. The fourth-order valence-corrected chi connectivity index (χ4v) is 6.71. The number of methoxy groups -OCH3 is 2. The van der Waals surface area contributed by atoms with E-state index in [1.54, 1.807) is 38.1 Å². The molecule has 3 aromatic rings. The SMILES string of the molecule is CCN(CC)C(=O)NC1(c2ccccc2Cl)C(=O)N(S(=O)(=O)c2ccc(OC)cc2OC)c2ccc(Cl)cc21. The maximum Gasteiger partial charge on any atom is 0.318 e. The molecule has 1 aliphatic rings. The van der Waals surface area contributed by atoms with Gasteiger partial charge >= 0.3 is 6.03 Å². The summed E-state index contributed by atoms with van der Waals surface area (Å²) < 4.78 is 39.6. The van der Waals surface area contributed by atoms with Gasteiger partial charge in [0.1, 0.15) is 16.4 Å². The Kier molecular flexibility index (Phi) is 8.02. The minimum absolute atomic E-state index is 0.0158. The van der Waals surface area contributed by atoms with Gasteiger partial charge in [-0.05, 0) is 50.2 Å². The Balaban J connectivity index is 2.03. The molecule has 206 valence electrons. The number of amides is 3. The number of nitrogens with one attached hydrogen (secondary N) is 1. The van der Waals surface area contributed by atoms with Gasteiger partial charge in [-0.15, -0.1) is 0 Å². The third-order valence-corrected chi connectivity index (χ3v) is 8.90. The second kappa shape index (κ2) is 11.0. The third-order valence-electron chi connectivity index (χ3n) is 6.60. The van der Waals surface area contributed by atoms with Crippen LogP contribution in [0.25, 0.3) is 0 Å². The Morgan fingerprint density at radius 2 is 1.67 bits per heavy atom. The molecular formula is C27H27Cl2N3O6S. The Labute approximate surface area is 237 Å². The highest BCUT2D eigenvalue weighted by atomic mass is 35.5. The number of ether oxygens (including phenoxy) is 2. The summed E-state index contributed by atoms with van der Waals surface area (Å²) in [5.74, 6) is -0.617. The van der Waals surface area contributed by atoms with Crippen molar-refractivity contribution in [2.45, 2.75) is 24.3 Å². The van der Waals surface area contributed by atoms with Crippen molar-refractivity contribution in [3.05, 3.63) is 81.8 Å². The average Bonchev–Trinajstić information content (AvgIpc) is 3.17. The molecule has 9 nitrogen and oxygen atoms in total. The van der Waals surface area contributed by atoms with Crippen molar-refractivity contribution < 1.29 is 27.5 Å². The van der Waals surface area contributed by atoms with E-state index in [4.69, 9.17) is 32.7 Å². The Morgan fingerprint density at radius 1 is 0.974 bits per heavy atom. The molecule has 0 spiro atoms. The van der Waals surface area contributed by atoms with E-state index in [1.165, 1.54) is 55.5 Å². The van der Waals surface area contributed by atoms with Gasteiger partial charge in [-0.25, -0.2) is 13.2 Å². The van der Waals surface area contributed by atoms with Crippen LogP contribution in [0.1, 0.15) is 25.0 Å². The lowest BCUT2D eigenvalue weighted by molar-refractivity contribution is -0.121. The number of hydrogen-bond acceptors (Lipinski definition) is 6. The molecule has 3 aromatic carbocycles. The molecule has 0 saturated carbocycles. The number of benzene rings is 3. The van der Waals surface area contributed by atoms with Gasteiger partial charge in [-0.3, -0.25) is 4.79 Å². The molecule has 1 aliphatic heterocycles. The molecule has 1 N–H and O–H groups in total. The van der Waals surface area contributed by atoms with Crippen LogP contribution in [0, 0.1) is 0 Å². The lowest BCUT2D eigenvalue weighted by Crippen LogP contribution is -2.57. The number of urea groups is 1. The molecule has 0 bridgehead atoms. The second-order valence-corrected chi connectivity index (χ2v) is 11.2. The van der Waals surface area contributed by atoms with Gasteiger partial charge in [0.25, 0.3) is 15.9 Å². The summed E-state index contributed by atoms with van der Waals surface area (Å²) in [5, 5.41) is 3.21. The third kappa shape index (κ3) is 4.66. The van der Waals surface area contributed by atoms with Crippen molar-refractivity contribution in [1.82, 2.24) is 10.2 Å². The van der Waals surface area contributed by atoms with Gasteiger partial charge in [0.05, 0.1) is 19.9 Å². The normalized spacial score (nSPS) is 16.6. The van der Waals surface area contributed by atoms with Crippen LogP contribution in [-0.2, 0) is 20.4 Å². The van der Waals surface area contributed by atoms with Crippen molar-refractivity contribution in [1.29, 1.82) is 0 Å². The number of sulfonamides is 1. The van der Waals surface area contributed by atoms with E-state index in [2.05, 4.69) is 5.32 Å². The first kappa shape index (κ1) is 28.5. The van der Waals surface area contributed by atoms with Gasteiger partial charge in [0, 0.05) is 40.3 Å². The van der Waals surface area contributed by atoms with E-state index in [9.17, 15) is 18.0 Å². The number of fused-ring (bicyclic) bond motifs is 1. The van der Waals surface area contributed by atoms with Gasteiger partial charge in [0.2, 0.25) is 0 Å². The zero-order valence-corrected chi connectivity index (χ0v) is 24.0. The highest BCUT2D eigenvalue weighted by molar-refractivity contribution is 7.93. The summed E-state index contributed by atoms with van der Waals surface area (Å²) in [6.45, 7) is 4.28. The van der Waals surface area contributed by atoms with Crippen molar-refractivity contribution >= 4 is 50.9 Å². The van der Waals surface area contributed by atoms with E-state index in [1.807, 2.05) is 0 Å². The Hall–Kier alpha value is -3.47. The van der Waals surface area contributed by atoms with Crippen LogP contribution in [0.4, 0.5) is 10.5 Å². The first-order valence-corrected chi connectivity index (χ1v) is 14.2. The highest BCUT2D eigenvalue weighted by Gasteiger charge is 2.58. The first-order valence-electron chi connectivity index (χ1n) is 12.0. The van der Waals surface area contributed by atoms with Gasteiger partial charge in [-0.1, -0.05) is 41.4 Å². The highest BCUT2D eigenvalue weighted by Crippen LogP contribution is 2.50. The summed E-state index contributed by atoms with van der Waals surface area (Å²) >= 11 is 13.0. The lowest BCUT2D eigenvalue weighted by Gasteiger charge is -2.33. The Morgan fingerprint density at radius 3 is 2.28 bits per heavy atom. The monoisotopic (exact) mass is 591 g/mol. The van der Waals surface area contributed by atoms with Crippen molar-refractivity contribution in [3.8, 4) is 11.5 Å². The first-order chi connectivity index (χ1) is 18.6. The van der Waals surface area contributed by atoms with E-state index in [-0.39, 0.29) is 37.5 Å². The number of nitrogens with zero attached hydrogens (tertiary/aromatic N) is 2.